The largest absolute Gasteiger partial charge is 0.349 e. The van der Waals surface area contributed by atoms with Gasteiger partial charge in [-0.3, -0.25) is 14.7 Å². The van der Waals surface area contributed by atoms with E-state index in [2.05, 4.69) is 15.2 Å². The molecule has 2 saturated heterocycles. The van der Waals surface area contributed by atoms with Gasteiger partial charge in [0.15, 0.2) is 0 Å². The first-order valence-corrected chi connectivity index (χ1v) is 11.8. The van der Waals surface area contributed by atoms with Gasteiger partial charge in [0.05, 0.1) is 23.2 Å². The molecule has 0 saturated carbocycles. The molecule has 1 spiro atoms. The van der Waals surface area contributed by atoms with Crippen LogP contribution in [-0.4, -0.2) is 61.2 Å². The Hall–Kier alpha value is -2.29. The van der Waals surface area contributed by atoms with Gasteiger partial charge in [0.1, 0.15) is 0 Å². The topological polar surface area (TPSA) is 82.6 Å². The lowest BCUT2D eigenvalue weighted by molar-refractivity contribution is -0.125. The van der Waals surface area contributed by atoms with Gasteiger partial charge in [-0.2, -0.15) is 4.31 Å². The first-order valence-electron chi connectivity index (χ1n) is 10.3. The fraction of sp³-hybridized carbons (Fsp3) is 0.455. The van der Waals surface area contributed by atoms with Crippen LogP contribution in [-0.2, 0) is 21.4 Å². The summed E-state index contributed by atoms with van der Waals surface area (Å²) in [5, 5.41) is 3.00. The van der Waals surface area contributed by atoms with Crippen molar-refractivity contribution in [2.24, 2.45) is 5.41 Å². The van der Waals surface area contributed by atoms with Crippen LogP contribution in [0.5, 0.6) is 0 Å². The van der Waals surface area contributed by atoms with Gasteiger partial charge in [-0.25, -0.2) is 8.42 Å². The number of rotatable bonds is 5. The predicted molar refractivity (Wildman–Crippen MR) is 114 cm³/mol. The number of likely N-dealkylation sites (tertiary alicyclic amines) is 1. The van der Waals surface area contributed by atoms with Crippen LogP contribution >= 0.6 is 0 Å². The smallest absolute Gasteiger partial charge is 0.243 e. The lowest BCUT2D eigenvalue weighted by atomic mass is 9.77. The van der Waals surface area contributed by atoms with Crippen molar-refractivity contribution >= 4 is 15.9 Å². The zero-order valence-electron chi connectivity index (χ0n) is 17.2. The third kappa shape index (κ3) is 4.26. The number of carbonyl (C=O) groups is 1. The van der Waals surface area contributed by atoms with Crippen molar-refractivity contribution in [3.63, 3.8) is 0 Å². The Labute approximate surface area is 178 Å². The SMILES string of the molecule is CN1CC2(CCN(S(=O)(=O)c3ccccc3)CC2)CC1C(=O)NCc1ccccn1. The van der Waals surface area contributed by atoms with Gasteiger partial charge in [-0.15, -0.1) is 0 Å². The van der Waals surface area contributed by atoms with Gasteiger partial charge >= 0.3 is 0 Å². The van der Waals surface area contributed by atoms with Crippen LogP contribution in [0.25, 0.3) is 0 Å². The molecule has 3 heterocycles. The number of sulfonamides is 1. The number of benzene rings is 1. The quantitative estimate of drug-likeness (QED) is 0.786. The molecule has 1 N–H and O–H groups in total. The number of nitrogens with one attached hydrogen (secondary N) is 1. The van der Waals surface area contributed by atoms with E-state index in [-0.39, 0.29) is 17.4 Å². The third-order valence-corrected chi connectivity index (χ3v) is 8.29. The molecule has 2 fully saturated rings. The summed E-state index contributed by atoms with van der Waals surface area (Å²) in [6.07, 6.45) is 4.02. The minimum absolute atomic E-state index is 0.00946. The van der Waals surface area contributed by atoms with Crippen LogP contribution in [0.4, 0.5) is 0 Å². The average molecular weight is 429 g/mol. The average Bonchev–Trinajstić information content (AvgIpc) is 3.09. The molecule has 2 aliphatic rings. The van der Waals surface area contributed by atoms with E-state index in [1.165, 1.54) is 0 Å². The monoisotopic (exact) mass is 428 g/mol. The van der Waals surface area contributed by atoms with Gasteiger partial charge in [0, 0.05) is 25.8 Å². The van der Waals surface area contributed by atoms with Gasteiger partial charge in [0.25, 0.3) is 0 Å². The highest BCUT2D eigenvalue weighted by molar-refractivity contribution is 7.89. The van der Waals surface area contributed by atoms with Crippen LogP contribution in [0.2, 0.25) is 0 Å². The second-order valence-corrected chi connectivity index (χ2v) is 10.3. The van der Waals surface area contributed by atoms with E-state index in [0.717, 1.165) is 31.5 Å². The van der Waals surface area contributed by atoms with Crippen LogP contribution in [0.1, 0.15) is 25.0 Å². The number of aromatic nitrogens is 1. The highest BCUT2D eigenvalue weighted by atomic mass is 32.2. The fourth-order valence-electron chi connectivity index (χ4n) is 4.67. The standard InChI is InChI=1S/C22H28N4O3S/c1-25-17-22(15-20(25)21(27)24-16-18-7-5-6-12-23-18)10-13-26(14-11-22)30(28,29)19-8-3-2-4-9-19/h2-9,12,20H,10-11,13-17H2,1H3,(H,24,27). The van der Waals surface area contributed by atoms with E-state index in [4.69, 9.17) is 0 Å². The number of nitrogens with zero attached hydrogens (tertiary/aromatic N) is 3. The molecule has 4 rings (SSSR count). The normalized spacial score (nSPS) is 22.2. The molecule has 30 heavy (non-hydrogen) atoms. The van der Waals surface area contributed by atoms with Crippen LogP contribution in [0, 0.1) is 5.41 Å². The summed E-state index contributed by atoms with van der Waals surface area (Å²) in [4.78, 5) is 19.5. The zero-order chi connectivity index (χ0) is 21.2. The molecule has 1 atom stereocenters. The predicted octanol–water partition coefficient (Wildman–Crippen LogP) is 1.87. The van der Waals surface area contributed by atoms with Crippen molar-refractivity contribution in [2.75, 3.05) is 26.7 Å². The van der Waals surface area contributed by atoms with E-state index < -0.39 is 10.0 Å². The zero-order valence-corrected chi connectivity index (χ0v) is 18.0. The number of pyridine rings is 1. The number of hydrogen-bond acceptors (Lipinski definition) is 5. The number of amides is 1. The Morgan fingerprint density at radius 2 is 1.83 bits per heavy atom. The number of hydrogen-bond donors (Lipinski definition) is 1. The fourth-order valence-corrected chi connectivity index (χ4v) is 6.13. The molecule has 0 radical (unpaired) electrons. The molecule has 2 aromatic rings. The van der Waals surface area contributed by atoms with Gasteiger partial charge < -0.3 is 5.32 Å². The molecule has 160 valence electrons. The maximum absolute atomic E-state index is 12.9. The second-order valence-electron chi connectivity index (χ2n) is 8.39. The Kier molecular flexibility index (Phi) is 5.90. The Balaban J connectivity index is 1.36. The Morgan fingerprint density at radius 1 is 1.13 bits per heavy atom. The lowest BCUT2D eigenvalue weighted by Gasteiger charge is -2.38. The first kappa shape index (κ1) is 21.0. The van der Waals surface area contributed by atoms with E-state index in [9.17, 15) is 13.2 Å². The van der Waals surface area contributed by atoms with Crippen molar-refractivity contribution < 1.29 is 13.2 Å². The highest BCUT2D eigenvalue weighted by Crippen LogP contribution is 2.43. The second kappa shape index (κ2) is 8.45. The summed E-state index contributed by atoms with van der Waals surface area (Å²) >= 11 is 0. The van der Waals surface area contributed by atoms with Gasteiger partial charge in [0.2, 0.25) is 15.9 Å². The minimum Gasteiger partial charge on any atom is -0.349 e. The molecule has 0 bridgehead atoms. The van der Waals surface area contributed by atoms with Gasteiger partial charge in [-0.1, -0.05) is 24.3 Å². The maximum Gasteiger partial charge on any atom is 0.243 e. The summed E-state index contributed by atoms with van der Waals surface area (Å²) in [6, 6.07) is 14.1. The van der Waals surface area contributed by atoms with E-state index in [0.29, 0.717) is 24.5 Å². The highest BCUT2D eigenvalue weighted by Gasteiger charge is 2.47. The molecule has 7 nitrogen and oxygen atoms in total. The van der Waals surface area contributed by atoms with Crippen molar-refractivity contribution in [2.45, 2.75) is 36.7 Å². The van der Waals surface area contributed by atoms with Crippen molar-refractivity contribution in [3.05, 3.63) is 60.4 Å². The summed E-state index contributed by atoms with van der Waals surface area (Å²) in [6.45, 7) is 2.22. The summed E-state index contributed by atoms with van der Waals surface area (Å²) in [5.41, 5.74) is 0.824. The Morgan fingerprint density at radius 3 is 2.50 bits per heavy atom. The minimum atomic E-state index is -3.46. The Bertz CT molecular complexity index is 974. The first-order chi connectivity index (χ1) is 14.4. The van der Waals surface area contributed by atoms with Crippen molar-refractivity contribution in [3.8, 4) is 0 Å². The van der Waals surface area contributed by atoms with E-state index in [1.54, 1.807) is 34.8 Å². The molecule has 1 aromatic carbocycles. The van der Waals surface area contributed by atoms with Gasteiger partial charge in [-0.05, 0) is 56.0 Å². The van der Waals surface area contributed by atoms with E-state index in [1.807, 2.05) is 31.3 Å². The number of piperidine rings is 1. The van der Waals surface area contributed by atoms with Crippen LogP contribution in [0.3, 0.4) is 0 Å². The lowest BCUT2D eigenvalue weighted by Crippen LogP contribution is -2.44. The van der Waals surface area contributed by atoms with Crippen LogP contribution in [0.15, 0.2) is 59.6 Å². The summed E-state index contributed by atoms with van der Waals surface area (Å²) in [5.74, 6) is 0.0133. The summed E-state index contributed by atoms with van der Waals surface area (Å²) < 4.78 is 27.4. The maximum atomic E-state index is 12.9. The molecule has 1 amide bonds. The molecule has 8 heteroatoms. The number of carbonyl (C=O) groups excluding carboxylic acids is 1. The molecule has 1 unspecified atom stereocenters. The molecule has 0 aliphatic carbocycles. The third-order valence-electron chi connectivity index (χ3n) is 6.38. The summed E-state index contributed by atoms with van der Waals surface area (Å²) in [7, 11) is -1.48. The number of likely N-dealkylation sites (N-methyl/N-ethyl adjacent to an activating group) is 1. The van der Waals surface area contributed by atoms with Crippen molar-refractivity contribution in [1.29, 1.82) is 0 Å². The molecular formula is C22H28N4O3S. The van der Waals surface area contributed by atoms with Crippen molar-refractivity contribution in [1.82, 2.24) is 19.5 Å². The molecule has 2 aliphatic heterocycles. The molecule has 1 aromatic heterocycles. The molecular weight excluding hydrogens is 400 g/mol. The van der Waals surface area contributed by atoms with Crippen LogP contribution < -0.4 is 5.32 Å². The van der Waals surface area contributed by atoms with E-state index >= 15 is 0 Å².